The van der Waals surface area contributed by atoms with Crippen LogP contribution < -0.4 is 4.90 Å². The molecule has 8 aromatic rings. The molecule has 2 nitrogen and oxygen atoms in total. The Morgan fingerprint density at radius 2 is 1.08 bits per heavy atom. The van der Waals surface area contributed by atoms with E-state index in [-0.39, 0.29) is 5.41 Å². The number of furan rings is 1. The molecule has 0 amide bonds. The number of benzene rings is 7. The SMILES string of the molecule is c1ccc2c(c1)-c1cc(N(c3ccc4c(c3)oc3ccccc34)c3cc4ccccc4c4ccccc34)ccc1C21C2CC3CC(C2)CC1C3. The van der Waals surface area contributed by atoms with Crippen LogP contribution in [0.3, 0.4) is 0 Å². The van der Waals surface area contributed by atoms with E-state index < -0.39 is 0 Å². The van der Waals surface area contributed by atoms with Crippen LogP contribution in [0.2, 0.25) is 0 Å². The van der Waals surface area contributed by atoms with E-state index in [4.69, 9.17) is 4.42 Å². The Bertz CT molecular complexity index is 2670. The van der Waals surface area contributed by atoms with E-state index in [0.717, 1.165) is 51.3 Å². The van der Waals surface area contributed by atoms with Crippen LogP contribution in [0.1, 0.15) is 43.2 Å². The highest BCUT2D eigenvalue weighted by Gasteiger charge is 2.61. The highest BCUT2D eigenvalue weighted by atomic mass is 16.3. The molecule has 0 N–H and O–H groups in total. The summed E-state index contributed by atoms with van der Waals surface area (Å²) in [6.45, 7) is 0. The van der Waals surface area contributed by atoms with Crippen molar-refractivity contribution < 1.29 is 4.42 Å². The van der Waals surface area contributed by atoms with Crippen LogP contribution in [-0.4, -0.2) is 0 Å². The van der Waals surface area contributed by atoms with Crippen LogP contribution in [0, 0.1) is 23.7 Å². The van der Waals surface area contributed by atoms with Crippen molar-refractivity contribution in [2.75, 3.05) is 4.90 Å². The summed E-state index contributed by atoms with van der Waals surface area (Å²) in [5.74, 6) is 3.37. The molecule has 5 aliphatic rings. The van der Waals surface area contributed by atoms with Gasteiger partial charge in [0.15, 0.2) is 0 Å². The molecule has 5 aliphatic carbocycles. The first-order chi connectivity index (χ1) is 24.7. The molecule has 0 aliphatic heterocycles. The van der Waals surface area contributed by atoms with Crippen molar-refractivity contribution in [2.45, 2.75) is 37.5 Å². The fraction of sp³-hybridized carbons (Fsp3) is 0.208. The second kappa shape index (κ2) is 9.88. The van der Waals surface area contributed by atoms with Gasteiger partial charge in [-0.25, -0.2) is 0 Å². The molecule has 0 saturated heterocycles. The zero-order valence-corrected chi connectivity index (χ0v) is 28.0. The Morgan fingerprint density at radius 3 is 1.92 bits per heavy atom. The lowest BCUT2D eigenvalue weighted by molar-refractivity contribution is -0.0399. The van der Waals surface area contributed by atoms with Gasteiger partial charge in [0.2, 0.25) is 0 Å². The fourth-order valence-electron chi connectivity index (χ4n) is 11.8. The summed E-state index contributed by atoms with van der Waals surface area (Å²) < 4.78 is 6.50. The molecule has 2 heteroatoms. The molecule has 0 unspecified atom stereocenters. The summed E-state index contributed by atoms with van der Waals surface area (Å²) in [5.41, 5.74) is 11.6. The number of nitrogens with zero attached hydrogens (tertiary/aromatic N) is 1. The largest absolute Gasteiger partial charge is 0.456 e. The number of hydrogen-bond acceptors (Lipinski definition) is 2. The lowest BCUT2D eigenvalue weighted by Gasteiger charge is -2.61. The van der Waals surface area contributed by atoms with E-state index in [1.54, 1.807) is 11.1 Å². The van der Waals surface area contributed by atoms with Crippen LogP contribution in [0.4, 0.5) is 17.1 Å². The molecule has 7 aromatic carbocycles. The topological polar surface area (TPSA) is 16.4 Å². The first kappa shape index (κ1) is 27.5. The Hall–Kier alpha value is -5.34. The van der Waals surface area contributed by atoms with Crippen molar-refractivity contribution in [2.24, 2.45) is 23.7 Å². The molecule has 0 radical (unpaired) electrons. The van der Waals surface area contributed by atoms with E-state index in [1.807, 2.05) is 0 Å². The van der Waals surface area contributed by atoms with Gasteiger partial charge in [-0.1, -0.05) is 97.1 Å². The minimum Gasteiger partial charge on any atom is -0.456 e. The standard InChI is InChI=1S/C48H37NO/c1-2-10-36-31(9-1)26-45(39-13-4-3-11-37(36)39)49(35-17-19-41-40-14-6-8-16-46(40)50-47(41)28-35)34-18-20-44-42(27-34)38-12-5-7-15-43(38)48(44)32-22-29-21-30(24-32)25-33(48)23-29/h1-20,26-30,32-33H,21-25H2. The maximum Gasteiger partial charge on any atom is 0.137 e. The normalized spacial score (nSPS) is 24.5. The van der Waals surface area contributed by atoms with Crippen LogP contribution in [-0.2, 0) is 5.41 Å². The summed E-state index contributed by atoms with van der Waals surface area (Å²) >= 11 is 0. The average Bonchev–Trinajstić information content (AvgIpc) is 3.67. The summed E-state index contributed by atoms with van der Waals surface area (Å²) in [4.78, 5) is 2.49. The highest BCUT2D eigenvalue weighted by Crippen LogP contribution is 2.69. The molecular formula is C48H37NO. The van der Waals surface area contributed by atoms with Gasteiger partial charge in [0.1, 0.15) is 11.2 Å². The molecule has 50 heavy (non-hydrogen) atoms. The van der Waals surface area contributed by atoms with Crippen LogP contribution >= 0.6 is 0 Å². The van der Waals surface area contributed by atoms with Crippen molar-refractivity contribution in [3.63, 3.8) is 0 Å². The minimum absolute atomic E-state index is 0.158. The van der Waals surface area contributed by atoms with E-state index in [0.29, 0.717) is 0 Å². The van der Waals surface area contributed by atoms with Crippen molar-refractivity contribution in [1.29, 1.82) is 0 Å². The summed E-state index contributed by atoms with van der Waals surface area (Å²) in [6.07, 6.45) is 7.07. The zero-order chi connectivity index (χ0) is 32.6. The van der Waals surface area contributed by atoms with Crippen molar-refractivity contribution in [1.82, 2.24) is 0 Å². The predicted octanol–water partition coefficient (Wildman–Crippen LogP) is 13.1. The van der Waals surface area contributed by atoms with Gasteiger partial charge in [-0.3, -0.25) is 0 Å². The average molecular weight is 644 g/mol. The quantitative estimate of drug-likeness (QED) is 0.178. The molecule has 1 spiro atoms. The first-order valence-corrected chi connectivity index (χ1v) is 18.6. The summed E-state index contributed by atoms with van der Waals surface area (Å²) in [6, 6.07) is 52.2. The number of rotatable bonds is 3. The third kappa shape index (κ3) is 3.54. The highest BCUT2D eigenvalue weighted by molar-refractivity contribution is 6.15. The smallest absolute Gasteiger partial charge is 0.137 e. The lowest BCUT2D eigenvalue weighted by atomic mass is 9.43. The van der Waals surface area contributed by atoms with Gasteiger partial charge in [-0.15, -0.1) is 0 Å². The van der Waals surface area contributed by atoms with Gasteiger partial charge in [-0.05, 0) is 131 Å². The Labute approximate surface area is 292 Å². The van der Waals surface area contributed by atoms with Gasteiger partial charge in [0.25, 0.3) is 0 Å². The second-order valence-corrected chi connectivity index (χ2v) is 15.7. The van der Waals surface area contributed by atoms with Gasteiger partial charge in [0.05, 0.1) is 5.69 Å². The number of para-hydroxylation sites is 1. The van der Waals surface area contributed by atoms with Crippen LogP contribution in [0.25, 0.3) is 54.6 Å². The Morgan fingerprint density at radius 1 is 0.460 bits per heavy atom. The minimum atomic E-state index is 0.158. The second-order valence-electron chi connectivity index (χ2n) is 15.7. The van der Waals surface area contributed by atoms with E-state index >= 15 is 0 Å². The molecule has 13 rings (SSSR count). The van der Waals surface area contributed by atoms with E-state index in [2.05, 4.69) is 144 Å². The third-order valence-electron chi connectivity index (χ3n) is 13.4. The Kier molecular flexibility index (Phi) is 5.43. The molecule has 1 aromatic heterocycles. The van der Waals surface area contributed by atoms with Gasteiger partial charge in [-0.2, -0.15) is 0 Å². The summed E-state index contributed by atoms with van der Waals surface area (Å²) in [7, 11) is 0. The van der Waals surface area contributed by atoms with E-state index in [9.17, 15) is 0 Å². The Balaban J connectivity index is 1.12. The molecular weight excluding hydrogens is 607 g/mol. The van der Waals surface area contributed by atoms with Gasteiger partial charge < -0.3 is 9.32 Å². The zero-order valence-electron chi connectivity index (χ0n) is 28.0. The number of anilines is 3. The molecule has 240 valence electrons. The molecule has 4 fully saturated rings. The molecule has 1 heterocycles. The molecule has 4 saturated carbocycles. The number of hydrogen-bond donors (Lipinski definition) is 0. The third-order valence-corrected chi connectivity index (χ3v) is 13.4. The van der Waals surface area contributed by atoms with E-state index in [1.165, 1.54) is 76.2 Å². The number of fused-ring (bicyclic) bond motifs is 9. The first-order valence-electron chi connectivity index (χ1n) is 18.6. The van der Waals surface area contributed by atoms with Crippen LogP contribution in [0.15, 0.2) is 144 Å². The van der Waals surface area contributed by atoms with Crippen molar-refractivity contribution in [3.8, 4) is 11.1 Å². The van der Waals surface area contributed by atoms with Crippen LogP contribution in [0.5, 0.6) is 0 Å². The maximum atomic E-state index is 6.50. The fourth-order valence-corrected chi connectivity index (χ4v) is 11.8. The van der Waals surface area contributed by atoms with Crippen molar-refractivity contribution >= 4 is 60.5 Å². The monoisotopic (exact) mass is 643 g/mol. The molecule has 4 bridgehead atoms. The van der Waals surface area contributed by atoms with Gasteiger partial charge in [0, 0.05) is 39.0 Å². The van der Waals surface area contributed by atoms with Gasteiger partial charge >= 0.3 is 0 Å². The van der Waals surface area contributed by atoms with Crippen molar-refractivity contribution in [3.05, 3.63) is 151 Å². The lowest BCUT2D eigenvalue weighted by Crippen LogP contribution is -2.55. The summed E-state index contributed by atoms with van der Waals surface area (Å²) in [5, 5.41) is 7.36. The molecule has 0 atom stereocenters. The predicted molar refractivity (Wildman–Crippen MR) is 207 cm³/mol. The maximum absolute atomic E-state index is 6.50.